The molecule has 5 nitrogen and oxygen atoms in total. The van der Waals surface area contributed by atoms with E-state index in [9.17, 15) is 5.26 Å². The highest BCUT2D eigenvalue weighted by atomic mass is 16.5. The number of hydrogen-bond donors (Lipinski definition) is 1. The SMILES string of the molecule is CCOC1CC(Nc2c(C#N)cccc2OC)C1OC. The fourth-order valence-corrected chi connectivity index (χ4v) is 2.54. The van der Waals surface area contributed by atoms with E-state index >= 15 is 0 Å². The van der Waals surface area contributed by atoms with Crippen molar-refractivity contribution in [1.29, 1.82) is 5.26 Å². The van der Waals surface area contributed by atoms with Gasteiger partial charge in [-0.25, -0.2) is 0 Å². The van der Waals surface area contributed by atoms with Crippen molar-refractivity contribution in [3.63, 3.8) is 0 Å². The van der Waals surface area contributed by atoms with Crippen LogP contribution in [-0.2, 0) is 9.47 Å². The maximum absolute atomic E-state index is 9.20. The van der Waals surface area contributed by atoms with Gasteiger partial charge in [-0.1, -0.05) is 6.07 Å². The summed E-state index contributed by atoms with van der Waals surface area (Å²) in [6.45, 7) is 2.65. The highest BCUT2D eigenvalue weighted by Crippen LogP contribution is 2.34. The van der Waals surface area contributed by atoms with Crippen LogP contribution in [0, 0.1) is 11.3 Å². The molecule has 1 N–H and O–H groups in total. The molecule has 0 spiro atoms. The van der Waals surface area contributed by atoms with Crippen LogP contribution in [0.3, 0.4) is 0 Å². The number of benzene rings is 1. The van der Waals surface area contributed by atoms with Gasteiger partial charge in [-0.15, -0.1) is 0 Å². The van der Waals surface area contributed by atoms with Crippen molar-refractivity contribution < 1.29 is 14.2 Å². The van der Waals surface area contributed by atoms with Gasteiger partial charge < -0.3 is 19.5 Å². The van der Waals surface area contributed by atoms with Crippen LogP contribution in [0.15, 0.2) is 18.2 Å². The van der Waals surface area contributed by atoms with Gasteiger partial charge in [0, 0.05) is 13.7 Å². The molecule has 5 heteroatoms. The van der Waals surface area contributed by atoms with Crippen molar-refractivity contribution in [3.05, 3.63) is 23.8 Å². The molecule has 0 aliphatic heterocycles. The average molecular weight is 276 g/mol. The zero-order valence-electron chi connectivity index (χ0n) is 12.1. The molecular weight excluding hydrogens is 256 g/mol. The van der Waals surface area contributed by atoms with Gasteiger partial charge in [-0.3, -0.25) is 0 Å². The summed E-state index contributed by atoms with van der Waals surface area (Å²) in [6, 6.07) is 7.72. The Morgan fingerprint density at radius 2 is 2.20 bits per heavy atom. The third kappa shape index (κ3) is 2.72. The lowest BCUT2D eigenvalue weighted by Crippen LogP contribution is -2.56. The van der Waals surface area contributed by atoms with Gasteiger partial charge in [0.25, 0.3) is 0 Å². The first-order valence-electron chi connectivity index (χ1n) is 6.73. The summed E-state index contributed by atoms with van der Waals surface area (Å²) in [4.78, 5) is 0. The number of nitriles is 1. The summed E-state index contributed by atoms with van der Waals surface area (Å²) in [6.07, 6.45) is 0.962. The highest BCUT2D eigenvalue weighted by Gasteiger charge is 2.42. The van der Waals surface area contributed by atoms with E-state index in [1.54, 1.807) is 26.4 Å². The number of anilines is 1. The first-order valence-corrected chi connectivity index (χ1v) is 6.73. The van der Waals surface area contributed by atoms with E-state index in [0.717, 1.165) is 12.1 Å². The van der Waals surface area contributed by atoms with Crippen LogP contribution in [0.25, 0.3) is 0 Å². The second kappa shape index (κ2) is 6.60. The Balaban J connectivity index is 2.13. The lowest BCUT2D eigenvalue weighted by molar-refractivity contribution is -0.118. The number of rotatable bonds is 6. The molecule has 1 aromatic rings. The van der Waals surface area contributed by atoms with E-state index < -0.39 is 0 Å². The minimum atomic E-state index is -0.00796. The van der Waals surface area contributed by atoms with Gasteiger partial charge >= 0.3 is 0 Å². The molecular formula is C15H20N2O3. The number of para-hydroxylation sites is 1. The molecule has 3 unspecified atom stereocenters. The first-order chi connectivity index (χ1) is 9.74. The van der Waals surface area contributed by atoms with Gasteiger partial charge in [0.2, 0.25) is 0 Å². The highest BCUT2D eigenvalue weighted by molar-refractivity contribution is 5.67. The molecule has 3 atom stereocenters. The molecule has 0 heterocycles. The van der Waals surface area contributed by atoms with E-state index in [-0.39, 0.29) is 18.2 Å². The summed E-state index contributed by atoms with van der Waals surface area (Å²) >= 11 is 0. The van der Waals surface area contributed by atoms with Gasteiger partial charge in [-0.2, -0.15) is 5.26 Å². The van der Waals surface area contributed by atoms with Gasteiger partial charge in [0.15, 0.2) is 0 Å². The van der Waals surface area contributed by atoms with Crippen LogP contribution in [0.2, 0.25) is 0 Å². The van der Waals surface area contributed by atoms with Crippen molar-refractivity contribution in [2.75, 3.05) is 26.1 Å². The quantitative estimate of drug-likeness (QED) is 0.862. The first kappa shape index (κ1) is 14.6. The van der Waals surface area contributed by atoms with Crippen LogP contribution in [-0.4, -0.2) is 39.1 Å². The second-order valence-corrected chi connectivity index (χ2v) is 4.68. The fourth-order valence-electron chi connectivity index (χ4n) is 2.54. The second-order valence-electron chi connectivity index (χ2n) is 4.68. The third-order valence-corrected chi connectivity index (χ3v) is 3.60. The van der Waals surface area contributed by atoms with Crippen molar-refractivity contribution in [3.8, 4) is 11.8 Å². The number of nitrogens with zero attached hydrogens (tertiary/aromatic N) is 1. The fraction of sp³-hybridized carbons (Fsp3) is 0.533. The van der Waals surface area contributed by atoms with E-state index in [0.29, 0.717) is 17.9 Å². The molecule has 0 amide bonds. The molecule has 2 rings (SSSR count). The molecule has 1 fully saturated rings. The van der Waals surface area contributed by atoms with Crippen LogP contribution in [0.1, 0.15) is 18.9 Å². The lowest BCUT2D eigenvalue weighted by Gasteiger charge is -2.44. The minimum Gasteiger partial charge on any atom is -0.495 e. The molecule has 1 aliphatic rings. The number of hydrogen-bond acceptors (Lipinski definition) is 5. The Bertz CT molecular complexity index is 498. The Kier molecular flexibility index (Phi) is 4.83. The van der Waals surface area contributed by atoms with Crippen molar-refractivity contribution in [2.24, 2.45) is 0 Å². The summed E-state index contributed by atoms with van der Waals surface area (Å²) < 4.78 is 16.4. The topological polar surface area (TPSA) is 63.5 Å². The van der Waals surface area contributed by atoms with Gasteiger partial charge in [0.05, 0.1) is 30.5 Å². The molecule has 1 aliphatic carbocycles. The molecule has 0 bridgehead atoms. The van der Waals surface area contributed by atoms with Crippen LogP contribution < -0.4 is 10.1 Å². The normalized spacial score (nSPS) is 24.6. The Labute approximate surface area is 119 Å². The maximum Gasteiger partial charge on any atom is 0.143 e. The van der Waals surface area contributed by atoms with Crippen LogP contribution in [0.5, 0.6) is 5.75 Å². The molecule has 20 heavy (non-hydrogen) atoms. The number of methoxy groups -OCH3 is 2. The van der Waals surface area contributed by atoms with Crippen molar-refractivity contribution in [1.82, 2.24) is 0 Å². The molecule has 1 aromatic carbocycles. The van der Waals surface area contributed by atoms with Crippen LogP contribution >= 0.6 is 0 Å². The Morgan fingerprint density at radius 3 is 2.80 bits per heavy atom. The van der Waals surface area contributed by atoms with E-state index in [2.05, 4.69) is 11.4 Å². The molecule has 0 saturated heterocycles. The number of ether oxygens (including phenoxy) is 3. The largest absolute Gasteiger partial charge is 0.495 e. The van der Waals surface area contributed by atoms with Crippen molar-refractivity contribution >= 4 is 5.69 Å². The maximum atomic E-state index is 9.20. The predicted molar refractivity (Wildman–Crippen MR) is 75.9 cm³/mol. The van der Waals surface area contributed by atoms with Crippen molar-refractivity contribution in [2.45, 2.75) is 31.6 Å². The number of nitrogens with one attached hydrogen (secondary N) is 1. The zero-order valence-corrected chi connectivity index (χ0v) is 12.1. The Hall–Kier alpha value is -1.77. The summed E-state index contributed by atoms with van der Waals surface area (Å²) in [5, 5.41) is 12.6. The smallest absolute Gasteiger partial charge is 0.143 e. The van der Waals surface area contributed by atoms with E-state index in [4.69, 9.17) is 14.2 Å². The van der Waals surface area contributed by atoms with E-state index in [1.165, 1.54) is 0 Å². The third-order valence-electron chi connectivity index (χ3n) is 3.60. The molecule has 0 radical (unpaired) electrons. The van der Waals surface area contributed by atoms with Crippen LogP contribution in [0.4, 0.5) is 5.69 Å². The summed E-state index contributed by atoms with van der Waals surface area (Å²) in [7, 11) is 3.27. The summed E-state index contributed by atoms with van der Waals surface area (Å²) in [5.41, 5.74) is 1.29. The molecule has 108 valence electrons. The predicted octanol–water partition coefficient (Wildman–Crippen LogP) is 2.17. The van der Waals surface area contributed by atoms with Gasteiger partial charge in [-0.05, 0) is 25.5 Å². The van der Waals surface area contributed by atoms with E-state index in [1.807, 2.05) is 13.0 Å². The summed E-state index contributed by atoms with van der Waals surface area (Å²) in [5.74, 6) is 0.666. The molecule has 1 saturated carbocycles. The minimum absolute atomic E-state index is 0.00796. The van der Waals surface area contributed by atoms with Gasteiger partial charge in [0.1, 0.15) is 17.9 Å². The average Bonchev–Trinajstić information content (AvgIpc) is 2.46. The zero-order chi connectivity index (χ0) is 14.5. The lowest BCUT2D eigenvalue weighted by atomic mass is 9.84. The Morgan fingerprint density at radius 1 is 1.40 bits per heavy atom. The monoisotopic (exact) mass is 276 g/mol. The standard InChI is InChI=1S/C15H20N2O3/c1-4-20-13-8-11(15(13)19-3)17-14-10(9-16)6-5-7-12(14)18-2/h5-7,11,13,15,17H,4,8H2,1-3H3. The molecule has 0 aromatic heterocycles.